The van der Waals surface area contributed by atoms with Gasteiger partial charge in [-0.3, -0.25) is 0 Å². The topological polar surface area (TPSA) is 25.2 Å². The third-order valence-corrected chi connectivity index (χ3v) is 3.35. The minimum absolute atomic E-state index is 0.257. The SMILES string of the molecule is CCNC(Cc1ccc(C)c(C)c1)c1ccco1. The van der Waals surface area contributed by atoms with Crippen molar-refractivity contribution in [3.63, 3.8) is 0 Å². The van der Waals surface area contributed by atoms with Gasteiger partial charge in [-0.25, -0.2) is 0 Å². The Balaban J connectivity index is 2.16. The summed E-state index contributed by atoms with van der Waals surface area (Å²) in [4.78, 5) is 0. The smallest absolute Gasteiger partial charge is 0.121 e. The Morgan fingerprint density at radius 1 is 1.17 bits per heavy atom. The van der Waals surface area contributed by atoms with E-state index in [1.165, 1.54) is 16.7 Å². The highest BCUT2D eigenvalue weighted by Crippen LogP contribution is 2.20. The van der Waals surface area contributed by atoms with Crippen molar-refractivity contribution in [1.82, 2.24) is 5.32 Å². The number of nitrogens with one attached hydrogen (secondary N) is 1. The Hall–Kier alpha value is -1.54. The van der Waals surface area contributed by atoms with E-state index < -0.39 is 0 Å². The molecule has 0 aliphatic carbocycles. The number of likely N-dealkylation sites (N-methyl/N-ethyl adjacent to an activating group) is 1. The van der Waals surface area contributed by atoms with Crippen molar-refractivity contribution in [3.8, 4) is 0 Å². The lowest BCUT2D eigenvalue weighted by Crippen LogP contribution is -2.22. The first-order valence-electron chi connectivity index (χ1n) is 6.53. The molecule has 0 spiro atoms. The molecule has 2 heteroatoms. The highest BCUT2D eigenvalue weighted by Gasteiger charge is 2.13. The molecule has 1 aromatic carbocycles. The lowest BCUT2D eigenvalue weighted by Gasteiger charge is -2.16. The van der Waals surface area contributed by atoms with Crippen molar-refractivity contribution in [2.45, 2.75) is 33.2 Å². The average Bonchev–Trinajstić information content (AvgIpc) is 2.87. The van der Waals surface area contributed by atoms with Gasteiger partial charge in [0.25, 0.3) is 0 Å². The van der Waals surface area contributed by atoms with E-state index >= 15 is 0 Å². The first kappa shape index (κ1) is 12.9. The molecule has 0 bridgehead atoms. The maximum Gasteiger partial charge on any atom is 0.121 e. The second-order valence-electron chi connectivity index (χ2n) is 4.75. The molecule has 0 amide bonds. The fraction of sp³-hybridized carbons (Fsp3) is 0.375. The summed E-state index contributed by atoms with van der Waals surface area (Å²) in [7, 11) is 0. The molecule has 0 saturated carbocycles. The maximum atomic E-state index is 5.51. The Morgan fingerprint density at radius 3 is 2.61 bits per heavy atom. The highest BCUT2D eigenvalue weighted by atomic mass is 16.3. The van der Waals surface area contributed by atoms with Crippen molar-refractivity contribution in [3.05, 3.63) is 59.0 Å². The summed E-state index contributed by atoms with van der Waals surface area (Å²) < 4.78 is 5.51. The van der Waals surface area contributed by atoms with Crippen LogP contribution in [0.3, 0.4) is 0 Å². The summed E-state index contributed by atoms with van der Waals surface area (Å²) in [6.45, 7) is 7.37. The third-order valence-electron chi connectivity index (χ3n) is 3.35. The van der Waals surface area contributed by atoms with Gasteiger partial charge in [0.1, 0.15) is 5.76 Å². The van der Waals surface area contributed by atoms with Crippen LogP contribution in [0, 0.1) is 13.8 Å². The number of rotatable bonds is 5. The van der Waals surface area contributed by atoms with Crippen molar-refractivity contribution >= 4 is 0 Å². The van der Waals surface area contributed by atoms with Crippen LogP contribution in [0.5, 0.6) is 0 Å². The zero-order chi connectivity index (χ0) is 13.0. The van der Waals surface area contributed by atoms with Gasteiger partial charge in [-0.15, -0.1) is 0 Å². The van der Waals surface area contributed by atoms with Gasteiger partial charge in [0, 0.05) is 0 Å². The lowest BCUT2D eigenvalue weighted by atomic mass is 10.00. The fourth-order valence-corrected chi connectivity index (χ4v) is 2.18. The van der Waals surface area contributed by atoms with E-state index in [2.05, 4.69) is 44.3 Å². The normalized spacial score (nSPS) is 12.6. The Kier molecular flexibility index (Phi) is 4.21. The van der Waals surface area contributed by atoms with Crippen molar-refractivity contribution in [2.24, 2.45) is 0 Å². The van der Waals surface area contributed by atoms with E-state index in [9.17, 15) is 0 Å². The van der Waals surface area contributed by atoms with Gasteiger partial charge in [0.2, 0.25) is 0 Å². The summed E-state index contributed by atoms with van der Waals surface area (Å²) in [6, 6.07) is 10.9. The molecule has 1 unspecified atom stereocenters. The van der Waals surface area contributed by atoms with Crippen LogP contribution in [0.2, 0.25) is 0 Å². The Bertz CT molecular complexity index is 488. The predicted octanol–water partition coefficient (Wildman–Crippen LogP) is 3.79. The number of furan rings is 1. The molecule has 96 valence electrons. The molecule has 18 heavy (non-hydrogen) atoms. The number of aryl methyl sites for hydroxylation is 2. The number of hydrogen-bond acceptors (Lipinski definition) is 2. The van der Waals surface area contributed by atoms with Gasteiger partial charge in [-0.05, 0) is 55.6 Å². The molecule has 1 N–H and O–H groups in total. The van der Waals surface area contributed by atoms with Crippen LogP contribution in [-0.4, -0.2) is 6.54 Å². The van der Waals surface area contributed by atoms with Crippen molar-refractivity contribution in [2.75, 3.05) is 6.54 Å². The van der Waals surface area contributed by atoms with Gasteiger partial charge in [0.15, 0.2) is 0 Å². The van der Waals surface area contributed by atoms with Crippen molar-refractivity contribution in [1.29, 1.82) is 0 Å². The maximum absolute atomic E-state index is 5.51. The zero-order valence-electron chi connectivity index (χ0n) is 11.4. The summed E-state index contributed by atoms with van der Waals surface area (Å²) in [5.74, 6) is 1.01. The Morgan fingerprint density at radius 2 is 2.00 bits per heavy atom. The summed E-state index contributed by atoms with van der Waals surface area (Å²) in [6.07, 6.45) is 2.70. The summed E-state index contributed by atoms with van der Waals surface area (Å²) >= 11 is 0. The van der Waals surface area contributed by atoms with Crippen LogP contribution in [0.15, 0.2) is 41.0 Å². The highest BCUT2D eigenvalue weighted by molar-refractivity contribution is 5.30. The molecule has 0 aliphatic heterocycles. The molecule has 2 rings (SSSR count). The average molecular weight is 243 g/mol. The molecular formula is C16H21NO. The van der Waals surface area contributed by atoms with Gasteiger partial charge < -0.3 is 9.73 Å². The van der Waals surface area contributed by atoms with E-state index in [1.807, 2.05) is 12.1 Å². The number of benzene rings is 1. The zero-order valence-corrected chi connectivity index (χ0v) is 11.4. The second kappa shape index (κ2) is 5.87. The molecule has 0 radical (unpaired) electrons. The standard InChI is InChI=1S/C16H21NO/c1-4-17-15(16-6-5-9-18-16)11-14-8-7-12(2)13(3)10-14/h5-10,15,17H,4,11H2,1-3H3. The third kappa shape index (κ3) is 3.02. The van der Waals surface area contributed by atoms with E-state index in [1.54, 1.807) is 6.26 Å². The molecular weight excluding hydrogens is 222 g/mol. The molecule has 1 heterocycles. The lowest BCUT2D eigenvalue weighted by molar-refractivity contribution is 0.416. The minimum Gasteiger partial charge on any atom is -0.468 e. The molecule has 0 fully saturated rings. The van der Waals surface area contributed by atoms with Gasteiger partial charge >= 0.3 is 0 Å². The van der Waals surface area contributed by atoms with Gasteiger partial charge in [-0.2, -0.15) is 0 Å². The van der Waals surface area contributed by atoms with E-state index in [4.69, 9.17) is 4.42 Å². The monoisotopic (exact) mass is 243 g/mol. The molecule has 0 saturated heterocycles. The van der Waals surface area contributed by atoms with E-state index in [0.717, 1.165) is 18.7 Å². The summed E-state index contributed by atoms with van der Waals surface area (Å²) in [5.41, 5.74) is 4.04. The van der Waals surface area contributed by atoms with Crippen LogP contribution >= 0.6 is 0 Å². The predicted molar refractivity (Wildman–Crippen MR) is 74.7 cm³/mol. The van der Waals surface area contributed by atoms with Crippen LogP contribution < -0.4 is 5.32 Å². The van der Waals surface area contributed by atoms with Gasteiger partial charge in [0.05, 0.1) is 12.3 Å². The van der Waals surface area contributed by atoms with Crippen LogP contribution in [0.4, 0.5) is 0 Å². The van der Waals surface area contributed by atoms with Crippen molar-refractivity contribution < 1.29 is 4.42 Å². The quantitative estimate of drug-likeness (QED) is 0.864. The van der Waals surface area contributed by atoms with Crippen LogP contribution in [0.25, 0.3) is 0 Å². The second-order valence-corrected chi connectivity index (χ2v) is 4.75. The molecule has 0 aliphatic rings. The summed E-state index contributed by atoms with van der Waals surface area (Å²) in [5, 5.41) is 3.47. The molecule has 1 aromatic heterocycles. The minimum atomic E-state index is 0.257. The van der Waals surface area contributed by atoms with Gasteiger partial charge in [-0.1, -0.05) is 25.1 Å². The first-order valence-corrected chi connectivity index (χ1v) is 6.53. The molecule has 2 aromatic rings. The van der Waals surface area contributed by atoms with Crippen LogP contribution in [0.1, 0.15) is 35.4 Å². The first-order chi connectivity index (χ1) is 8.70. The number of hydrogen-bond donors (Lipinski definition) is 1. The van der Waals surface area contributed by atoms with Crippen LogP contribution in [-0.2, 0) is 6.42 Å². The Labute approximate surface area is 109 Å². The molecule has 1 atom stereocenters. The molecule has 2 nitrogen and oxygen atoms in total. The largest absolute Gasteiger partial charge is 0.468 e. The van der Waals surface area contributed by atoms with E-state index in [-0.39, 0.29) is 6.04 Å². The fourth-order valence-electron chi connectivity index (χ4n) is 2.18. The van der Waals surface area contributed by atoms with E-state index in [0.29, 0.717) is 0 Å².